The summed E-state index contributed by atoms with van der Waals surface area (Å²) in [6.45, 7) is 2.14. The zero-order valence-electron chi connectivity index (χ0n) is 11.7. The highest BCUT2D eigenvalue weighted by Crippen LogP contribution is 2.32. The summed E-state index contributed by atoms with van der Waals surface area (Å²) in [7, 11) is 0. The van der Waals surface area contributed by atoms with Gasteiger partial charge in [-0.2, -0.15) is 4.80 Å². The normalized spacial score (nSPS) is 15.7. The van der Waals surface area contributed by atoms with Crippen LogP contribution in [0.4, 0.5) is 0 Å². The van der Waals surface area contributed by atoms with E-state index in [-0.39, 0.29) is 18.5 Å². The summed E-state index contributed by atoms with van der Waals surface area (Å²) in [6.07, 6.45) is 2.41. The molecule has 1 aromatic heterocycles. The predicted molar refractivity (Wildman–Crippen MR) is 81.3 cm³/mol. The van der Waals surface area contributed by atoms with Crippen LogP contribution in [0.25, 0.3) is 11.4 Å². The molecule has 21 heavy (non-hydrogen) atoms. The third-order valence-corrected chi connectivity index (χ3v) is 4.09. The predicted octanol–water partition coefficient (Wildman–Crippen LogP) is 2.02. The Hall–Kier alpha value is -1.76. The van der Waals surface area contributed by atoms with Crippen LogP contribution in [-0.2, 0) is 11.3 Å². The third kappa shape index (κ3) is 3.66. The summed E-state index contributed by atoms with van der Waals surface area (Å²) >= 11 is 3.38. The van der Waals surface area contributed by atoms with Crippen molar-refractivity contribution in [2.45, 2.75) is 32.4 Å². The lowest BCUT2D eigenvalue weighted by atomic mass is 10.2. The van der Waals surface area contributed by atoms with Gasteiger partial charge in [-0.25, -0.2) is 0 Å². The number of nitrogens with one attached hydrogen (secondary N) is 1. The summed E-state index contributed by atoms with van der Waals surface area (Å²) < 4.78 is 0.993. The molecule has 0 bridgehead atoms. The Bertz CT molecular complexity index is 635. The fourth-order valence-electron chi connectivity index (χ4n) is 2.17. The van der Waals surface area contributed by atoms with E-state index in [9.17, 15) is 4.79 Å². The van der Waals surface area contributed by atoms with Crippen LogP contribution < -0.4 is 5.32 Å². The molecule has 1 N–H and O–H groups in total. The number of hydrogen-bond acceptors (Lipinski definition) is 4. The Morgan fingerprint density at radius 3 is 2.81 bits per heavy atom. The molecule has 0 aliphatic heterocycles. The molecule has 0 radical (unpaired) electrons. The van der Waals surface area contributed by atoms with Crippen LogP contribution in [-0.4, -0.2) is 32.2 Å². The Morgan fingerprint density at radius 2 is 2.14 bits per heavy atom. The van der Waals surface area contributed by atoms with E-state index < -0.39 is 0 Å². The summed E-state index contributed by atoms with van der Waals surface area (Å²) in [4.78, 5) is 13.2. The first-order valence-corrected chi connectivity index (χ1v) is 7.74. The molecule has 1 aromatic carbocycles. The minimum atomic E-state index is -0.0749. The molecule has 1 aliphatic rings. The highest BCUT2D eigenvalue weighted by atomic mass is 79.9. The molecular weight excluding hydrogens is 334 g/mol. The maximum absolute atomic E-state index is 11.9. The van der Waals surface area contributed by atoms with E-state index >= 15 is 0 Å². The smallest absolute Gasteiger partial charge is 0.243 e. The maximum Gasteiger partial charge on any atom is 0.243 e. The van der Waals surface area contributed by atoms with Gasteiger partial charge in [-0.3, -0.25) is 4.79 Å². The van der Waals surface area contributed by atoms with Crippen LogP contribution in [0.15, 0.2) is 28.7 Å². The quantitative estimate of drug-likeness (QED) is 0.896. The first-order valence-electron chi connectivity index (χ1n) is 6.95. The number of amides is 1. The van der Waals surface area contributed by atoms with Gasteiger partial charge in [0.2, 0.25) is 11.7 Å². The molecule has 6 nitrogen and oxygen atoms in total. The monoisotopic (exact) mass is 349 g/mol. The second-order valence-corrected chi connectivity index (χ2v) is 6.26. The molecule has 7 heteroatoms. The van der Waals surface area contributed by atoms with Crippen molar-refractivity contribution in [1.29, 1.82) is 0 Å². The lowest BCUT2D eigenvalue weighted by molar-refractivity contribution is -0.122. The van der Waals surface area contributed by atoms with Crippen LogP contribution in [0.2, 0.25) is 0 Å². The van der Waals surface area contributed by atoms with E-state index in [1.807, 2.05) is 31.2 Å². The fourth-order valence-corrected chi connectivity index (χ4v) is 2.43. The number of tetrazole rings is 1. The number of rotatable bonds is 5. The number of hydrogen-bond donors (Lipinski definition) is 1. The van der Waals surface area contributed by atoms with E-state index in [4.69, 9.17) is 0 Å². The Kier molecular flexibility index (Phi) is 4.01. The standard InChI is InChI=1S/C14H16BrN5O/c1-9(10-2-3-10)16-13(21)8-20-18-14(17-19-20)11-4-6-12(15)7-5-11/h4-7,9-10H,2-3,8H2,1H3,(H,16,21)/t9-/m0/s1. The van der Waals surface area contributed by atoms with Crippen molar-refractivity contribution in [3.05, 3.63) is 28.7 Å². The largest absolute Gasteiger partial charge is 0.352 e. The molecule has 0 unspecified atom stereocenters. The third-order valence-electron chi connectivity index (χ3n) is 3.56. The van der Waals surface area contributed by atoms with Gasteiger partial charge < -0.3 is 5.32 Å². The van der Waals surface area contributed by atoms with Crippen LogP contribution in [0.1, 0.15) is 19.8 Å². The Morgan fingerprint density at radius 1 is 1.43 bits per heavy atom. The van der Waals surface area contributed by atoms with Crippen molar-refractivity contribution in [1.82, 2.24) is 25.5 Å². The highest BCUT2D eigenvalue weighted by Gasteiger charge is 2.28. The SMILES string of the molecule is C[C@H](NC(=O)Cn1nnc(-c2ccc(Br)cc2)n1)C1CC1. The lowest BCUT2D eigenvalue weighted by Crippen LogP contribution is -2.36. The lowest BCUT2D eigenvalue weighted by Gasteiger charge is -2.11. The highest BCUT2D eigenvalue weighted by molar-refractivity contribution is 9.10. The summed E-state index contributed by atoms with van der Waals surface area (Å²) in [6, 6.07) is 7.87. The van der Waals surface area contributed by atoms with Gasteiger partial charge in [-0.15, -0.1) is 10.2 Å². The minimum absolute atomic E-state index is 0.0749. The zero-order valence-corrected chi connectivity index (χ0v) is 13.2. The molecule has 1 atom stereocenters. The van der Waals surface area contributed by atoms with Gasteiger partial charge in [0.15, 0.2) is 0 Å². The van der Waals surface area contributed by atoms with E-state index in [0.29, 0.717) is 11.7 Å². The average Bonchev–Trinajstić information content (AvgIpc) is 3.21. The average molecular weight is 350 g/mol. The zero-order chi connectivity index (χ0) is 14.8. The molecule has 1 fully saturated rings. The second-order valence-electron chi connectivity index (χ2n) is 5.34. The van der Waals surface area contributed by atoms with Gasteiger partial charge in [-0.05, 0) is 55.2 Å². The van der Waals surface area contributed by atoms with Gasteiger partial charge in [0, 0.05) is 16.1 Å². The molecule has 1 amide bonds. The summed E-state index contributed by atoms with van der Waals surface area (Å²) in [5.74, 6) is 1.08. The maximum atomic E-state index is 11.9. The number of halogens is 1. The number of carbonyl (C=O) groups is 1. The van der Waals surface area contributed by atoms with Gasteiger partial charge in [0.05, 0.1) is 0 Å². The fraction of sp³-hybridized carbons (Fsp3) is 0.429. The molecule has 3 rings (SSSR count). The molecule has 1 heterocycles. The van der Waals surface area contributed by atoms with E-state index in [0.717, 1.165) is 10.0 Å². The van der Waals surface area contributed by atoms with Crippen LogP contribution in [0, 0.1) is 5.92 Å². The molecule has 110 valence electrons. The van der Waals surface area contributed by atoms with Gasteiger partial charge in [0.25, 0.3) is 0 Å². The van der Waals surface area contributed by atoms with Gasteiger partial charge in [-0.1, -0.05) is 15.9 Å². The van der Waals surface area contributed by atoms with Gasteiger partial charge >= 0.3 is 0 Å². The number of carbonyl (C=O) groups excluding carboxylic acids is 1. The second kappa shape index (κ2) is 5.93. The number of nitrogens with zero attached hydrogens (tertiary/aromatic N) is 4. The molecule has 0 spiro atoms. The summed E-state index contributed by atoms with van der Waals surface area (Å²) in [5, 5.41) is 15.1. The van der Waals surface area contributed by atoms with E-state index in [2.05, 4.69) is 36.7 Å². The van der Waals surface area contributed by atoms with Gasteiger partial charge in [0.1, 0.15) is 6.54 Å². The van der Waals surface area contributed by atoms with Crippen LogP contribution in [0.3, 0.4) is 0 Å². The van der Waals surface area contributed by atoms with Crippen molar-refractivity contribution in [3.63, 3.8) is 0 Å². The number of benzene rings is 1. The molecule has 2 aromatic rings. The van der Waals surface area contributed by atoms with Crippen molar-refractivity contribution in [3.8, 4) is 11.4 Å². The Labute approximate surface area is 131 Å². The molecule has 1 saturated carbocycles. The Balaban J connectivity index is 1.61. The van der Waals surface area contributed by atoms with E-state index in [1.165, 1.54) is 17.6 Å². The van der Waals surface area contributed by atoms with Crippen molar-refractivity contribution in [2.24, 2.45) is 5.92 Å². The molecular formula is C14H16BrN5O. The number of aromatic nitrogens is 4. The topological polar surface area (TPSA) is 72.7 Å². The first-order chi connectivity index (χ1) is 10.1. The van der Waals surface area contributed by atoms with Crippen molar-refractivity contribution in [2.75, 3.05) is 0 Å². The van der Waals surface area contributed by atoms with Crippen LogP contribution >= 0.6 is 15.9 Å². The van der Waals surface area contributed by atoms with E-state index in [1.54, 1.807) is 0 Å². The summed E-state index contributed by atoms with van der Waals surface area (Å²) in [5.41, 5.74) is 0.871. The van der Waals surface area contributed by atoms with Crippen molar-refractivity contribution >= 4 is 21.8 Å². The molecule has 1 aliphatic carbocycles. The van der Waals surface area contributed by atoms with Crippen molar-refractivity contribution < 1.29 is 4.79 Å². The minimum Gasteiger partial charge on any atom is -0.352 e. The molecule has 0 saturated heterocycles. The first kappa shape index (κ1) is 14.2. The van der Waals surface area contributed by atoms with Crippen LogP contribution in [0.5, 0.6) is 0 Å².